The summed E-state index contributed by atoms with van der Waals surface area (Å²) in [6.45, 7) is 4.49. The number of sulfonamides is 1. The molecule has 1 unspecified atom stereocenters. The van der Waals surface area contributed by atoms with Crippen molar-refractivity contribution in [1.82, 2.24) is 10.6 Å². The molecule has 2 aromatic carbocycles. The number of benzene rings is 2. The molecule has 2 rings (SSSR count). The van der Waals surface area contributed by atoms with Gasteiger partial charge in [0.1, 0.15) is 0 Å². The van der Waals surface area contributed by atoms with Crippen LogP contribution in [0.1, 0.15) is 18.1 Å². The molecule has 2 aromatic rings. The highest BCUT2D eigenvalue weighted by Crippen LogP contribution is 2.15. The van der Waals surface area contributed by atoms with E-state index in [1.807, 2.05) is 42.5 Å². The van der Waals surface area contributed by atoms with Crippen LogP contribution in [0.4, 0.5) is 5.69 Å². The first-order valence-corrected chi connectivity index (χ1v) is 11.4. The van der Waals surface area contributed by atoms with E-state index in [0.717, 1.165) is 17.4 Å². The van der Waals surface area contributed by atoms with Gasteiger partial charge >= 0.3 is 0 Å². The first-order valence-electron chi connectivity index (χ1n) is 9.49. The first-order chi connectivity index (χ1) is 13.9. The van der Waals surface area contributed by atoms with Crippen LogP contribution >= 0.6 is 0 Å². The molecule has 8 heteroatoms. The van der Waals surface area contributed by atoms with E-state index in [1.165, 1.54) is 0 Å². The lowest BCUT2D eigenvalue weighted by molar-refractivity contribution is 0.0931. The van der Waals surface area contributed by atoms with Crippen LogP contribution in [0.15, 0.2) is 59.6 Å². The highest BCUT2D eigenvalue weighted by atomic mass is 32.2. The van der Waals surface area contributed by atoms with Gasteiger partial charge in [0.25, 0.3) is 0 Å². The van der Waals surface area contributed by atoms with Crippen LogP contribution in [0.25, 0.3) is 0 Å². The van der Waals surface area contributed by atoms with Crippen molar-refractivity contribution >= 4 is 21.7 Å². The highest BCUT2D eigenvalue weighted by molar-refractivity contribution is 7.92. The zero-order chi connectivity index (χ0) is 21.1. The predicted molar refractivity (Wildman–Crippen MR) is 118 cm³/mol. The molecule has 0 aliphatic carbocycles. The van der Waals surface area contributed by atoms with E-state index in [1.54, 1.807) is 19.2 Å². The predicted octanol–water partition coefficient (Wildman–Crippen LogP) is 2.58. The molecular formula is C21H30N4O3S. The SMILES string of the molecule is CN=C(NCc1ccccc1NS(C)(=O)=O)NCC(C)COCc1ccccc1. The lowest BCUT2D eigenvalue weighted by Crippen LogP contribution is -2.39. The topological polar surface area (TPSA) is 91.8 Å². The largest absolute Gasteiger partial charge is 0.376 e. The third kappa shape index (κ3) is 8.97. The van der Waals surface area contributed by atoms with Gasteiger partial charge in [-0.15, -0.1) is 0 Å². The normalized spacial score (nSPS) is 13.0. The number of rotatable bonds is 10. The number of ether oxygens (including phenoxy) is 1. The van der Waals surface area contributed by atoms with Crippen LogP contribution in [0.3, 0.4) is 0 Å². The lowest BCUT2D eigenvalue weighted by Gasteiger charge is -2.17. The molecule has 0 aliphatic rings. The number of para-hydroxylation sites is 1. The van der Waals surface area contributed by atoms with Gasteiger partial charge in [-0.3, -0.25) is 9.71 Å². The minimum atomic E-state index is -3.33. The van der Waals surface area contributed by atoms with Crippen molar-refractivity contribution in [2.75, 3.05) is 31.2 Å². The maximum Gasteiger partial charge on any atom is 0.229 e. The minimum Gasteiger partial charge on any atom is -0.376 e. The van der Waals surface area contributed by atoms with Gasteiger partial charge in [0.2, 0.25) is 10.0 Å². The van der Waals surface area contributed by atoms with Gasteiger partial charge in [0.05, 0.1) is 25.2 Å². The van der Waals surface area contributed by atoms with Crippen molar-refractivity contribution in [3.05, 3.63) is 65.7 Å². The molecule has 0 saturated heterocycles. The quantitative estimate of drug-likeness (QED) is 0.407. The van der Waals surface area contributed by atoms with Gasteiger partial charge in [-0.25, -0.2) is 8.42 Å². The van der Waals surface area contributed by atoms with Crippen LogP contribution in [-0.4, -0.2) is 40.8 Å². The van der Waals surface area contributed by atoms with Crippen molar-refractivity contribution in [2.24, 2.45) is 10.9 Å². The molecule has 0 heterocycles. The Balaban J connectivity index is 1.76. The average molecular weight is 419 g/mol. The van der Waals surface area contributed by atoms with E-state index in [2.05, 4.69) is 27.3 Å². The molecule has 29 heavy (non-hydrogen) atoms. The maximum absolute atomic E-state index is 11.5. The van der Waals surface area contributed by atoms with Crippen molar-refractivity contribution in [2.45, 2.75) is 20.1 Å². The fourth-order valence-corrected chi connectivity index (χ4v) is 3.25. The summed E-state index contributed by atoms with van der Waals surface area (Å²) in [5.74, 6) is 0.950. The van der Waals surface area contributed by atoms with Crippen LogP contribution in [0, 0.1) is 5.92 Å². The van der Waals surface area contributed by atoms with Crippen LogP contribution in [-0.2, 0) is 27.9 Å². The smallest absolute Gasteiger partial charge is 0.229 e. The molecule has 0 aliphatic heterocycles. The monoisotopic (exact) mass is 418 g/mol. The maximum atomic E-state index is 11.5. The molecule has 0 radical (unpaired) electrons. The first kappa shape index (κ1) is 22.7. The molecule has 0 fully saturated rings. The molecule has 0 spiro atoms. The number of aliphatic imine (C=N–C) groups is 1. The Morgan fingerprint density at radius 1 is 1.07 bits per heavy atom. The summed E-state index contributed by atoms with van der Waals surface area (Å²) in [5, 5.41) is 6.49. The lowest BCUT2D eigenvalue weighted by atomic mass is 10.2. The van der Waals surface area contributed by atoms with Gasteiger partial charge in [-0.05, 0) is 23.1 Å². The van der Waals surface area contributed by atoms with E-state index >= 15 is 0 Å². The standard InChI is InChI=1S/C21H30N4O3S/c1-17(15-28-16-18-9-5-4-6-10-18)13-23-21(22-2)24-14-19-11-7-8-12-20(19)25-29(3,26)27/h4-12,17,25H,13-16H2,1-3H3,(H2,22,23,24). The van der Waals surface area contributed by atoms with Crippen molar-refractivity contribution in [3.8, 4) is 0 Å². The Bertz CT molecular complexity index is 886. The van der Waals surface area contributed by atoms with E-state index in [-0.39, 0.29) is 0 Å². The van der Waals surface area contributed by atoms with E-state index in [4.69, 9.17) is 4.74 Å². The fourth-order valence-electron chi connectivity index (χ4n) is 2.66. The molecule has 0 aromatic heterocycles. The second kappa shape index (κ2) is 11.4. The highest BCUT2D eigenvalue weighted by Gasteiger charge is 2.09. The molecule has 0 saturated carbocycles. The van der Waals surface area contributed by atoms with Gasteiger partial charge in [-0.1, -0.05) is 55.5 Å². The summed E-state index contributed by atoms with van der Waals surface area (Å²) in [5.41, 5.74) is 2.55. The zero-order valence-corrected chi connectivity index (χ0v) is 18.0. The Morgan fingerprint density at radius 3 is 2.45 bits per heavy atom. The number of nitrogens with zero attached hydrogens (tertiary/aromatic N) is 1. The van der Waals surface area contributed by atoms with Crippen molar-refractivity contribution in [3.63, 3.8) is 0 Å². The Morgan fingerprint density at radius 2 is 1.76 bits per heavy atom. The second-order valence-corrected chi connectivity index (χ2v) is 8.69. The molecule has 0 bridgehead atoms. The number of hydrogen-bond acceptors (Lipinski definition) is 4. The third-order valence-electron chi connectivity index (χ3n) is 4.11. The fraction of sp³-hybridized carbons (Fsp3) is 0.381. The summed E-state index contributed by atoms with van der Waals surface area (Å²) in [6, 6.07) is 17.4. The van der Waals surface area contributed by atoms with Gasteiger partial charge in [0.15, 0.2) is 5.96 Å². The average Bonchev–Trinajstić information content (AvgIpc) is 2.69. The third-order valence-corrected chi connectivity index (χ3v) is 4.71. The number of hydrogen-bond donors (Lipinski definition) is 3. The number of anilines is 1. The van der Waals surface area contributed by atoms with Crippen LogP contribution < -0.4 is 15.4 Å². The van der Waals surface area contributed by atoms with E-state index in [0.29, 0.717) is 43.9 Å². The van der Waals surface area contributed by atoms with Gasteiger partial charge < -0.3 is 15.4 Å². The molecular weight excluding hydrogens is 388 g/mol. The zero-order valence-electron chi connectivity index (χ0n) is 17.2. The van der Waals surface area contributed by atoms with E-state index in [9.17, 15) is 8.42 Å². The molecule has 0 amide bonds. The Labute approximate surface area is 173 Å². The number of guanidine groups is 1. The molecule has 7 nitrogen and oxygen atoms in total. The summed E-state index contributed by atoms with van der Waals surface area (Å²) < 4.78 is 31.4. The van der Waals surface area contributed by atoms with Gasteiger partial charge in [-0.2, -0.15) is 0 Å². The molecule has 158 valence electrons. The van der Waals surface area contributed by atoms with Gasteiger partial charge in [0, 0.05) is 20.1 Å². The number of nitrogens with one attached hydrogen (secondary N) is 3. The molecule has 1 atom stereocenters. The van der Waals surface area contributed by atoms with Crippen LogP contribution in [0.2, 0.25) is 0 Å². The summed E-state index contributed by atoms with van der Waals surface area (Å²) in [4.78, 5) is 4.22. The Hall–Kier alpha value is -2.58. The molecule has 3 N–H and O–H groups in total. The Kier molecular flexibility index (Phi) is 8.95. The van der Waals surface area contributed by atoms with Crippen LogP contribution in [0.5, 0.6) is 0 Å². The summed E-state index contributed by atoms with van der Waals surface area (Å²) in [6.07, 6.45) is 1.14. The van der Waals surface area contributed by atoms with Crippen molar-refractivity contribution in [1.29, 1.82) is 0 Å². The summed E-state index contributed by atoms with van der Waals surface area (Å²) >= 11 is 0. The minimum absolute atomic E-state index is 0.302. The summed E-state index contributed by atoms with van der Waals surface area (Å²) in [7, 11) is -1.63. The van der Waals surface area contributed by atoms with E-state index < -0.39 is 10.0 Å². The van der Waals surface area contributed by atoms with Crippen molar-refractivity contribution < 1.29 is 13.2 Å². The second-order valence-electron chi connectivity index (χ2n) is 6.94.